The third-order valence-corrected chi connectivity index (χ3v) is 6.46. The highest BCUT2D eigenvalue weighted by Gasteiger charge is 2.31. The number of nitrogens with one attached hydrogen (secondary N) is 2. The summed E-state index contributed by atoms with van der Waals surface area (Å²) in [5.41, 5.74) is 10.0. The lowest BCUT2D eigenvalue weighted by molar-refractivity contribution is -0.137. The molecule has 1 fully saturated rings. The zero-order valence-corrected chi connectivity index (χ0v) is 21.2. The van der Waals surface area contributed by atoms with E-state index in [9.17, 15) is 18.0 Å². The maximum Gasteiger partial charge on any atom is 0.416 e. The van der Waals surface area contributed by atoms with Crippen molar-refractivity contribution in [3.05, 3.63) is 65.4 Å². The monoisotopic (exact) mass is 523 g/mol. The van der Waals surface area contributed by atoms with Crippen LogP contribution >= 0.6 is 0 Å². The van der Waals surface area contributed by atoms with E-state index in [-0.39, 0.29) is 5.69 Å². The van der Waals surface area contributed by atoms with Crippen molar-refractivity contribution in [2.75, 3.05) is 30.5 Å². The smallest absolute Gasteiger partial charge is 0.382 e. The quantitative estimate of drug-likeness (QED) is 0.296. The summed E-state index contributed by atoms with van der Waals surface area (Å²) in [5.74, 6) is 0.829. The molecule has 0 aliphatic heterocycles. The number of nitrogen functional groups attached to an aromatic ring is 1. The summed E-state index contributed by atoms with van der Waals surface area (Å²) in [5, 5.41) is 10.4. The van der Waals surface area contributed by atoms with Gasteiger partial charge in [-0.1, -0.05) is 18.2 Å². The van der Waals surface area contributed by atoms with Crippen molar-refractivity contribution < 1.29 is 18.0 Å². The zero-order chi connectivity index (χ0) is 27.2. The molecule has 0 unspecified atom stereocenters. The maximum absolute atomic E-state index is 13.3. The number of nitrogens with zero attached hydrogens (tertiary/aromatic N) is 4. The van der Waals surface area contributed by atoms with Crippen LogP contribution in [0.1, 0.15) is 35.6 Å². The number of fused-ring (bicyclic) bond motifs is 1. The number of halogens is 3. The molecule has 8 nitrogen and oxygen atoms in total. The highest BCUT2D eigenvalue weighted by atomic mass is 19.4. The fourth-order valence-electron chi connectivity index (χ4n) is 4.48. The van der Waals surface area contributed by atoms with E-state index in [1.54, 1.807) is 30.9 Å². The highest BCUT2D eigenvalue weighted by Crippen LogP contribution is 2.42. The van der Waals surface area contributed by atoms with E-state index in [0.717, 1.165) is 52.8 Å². The van der Waals surface area contributed by atoms with Gasteiger partial charge < -0.3 is 21.3 Å². The minimum absolute atomic E-state index is 0.0986. The average molecular weight is 524 g/mol. The first-order chi connectivity index (χ1) is 18.0. The molecule has 1 saturated carbocycles. The molecule has 0 atom stereocenters. The number of amides is 2. The van der Waals surface area contributed by atoms with Crippen molar-refractivity contribution in [1.82, 2.24) is 19.7 Å². The van der Waals surface area contributed by atoms with Gasteiger partial charge in [-0.25, -0.2) is 14.5 Å². The van der Waals surface area contributed by atoms with Gasteiger partial charge in [0.2, 0.25) is 0 Å². The molecule has 1 aliphatic carbocycles. The molecule has 0 bridgehead atoms. The molecule has 2 aromatic carbocycles. The lowest BCUT2D eigenvalue weighted by Crippen LogP contribution is -2.22. The summed E-state index contributed by atoms with van der Waals surface area (Å²) in [7, 11) is 5.41. The van der Waals surface area contributed by atoms with Crippen LogP contribution in [-0.4, -0.2) is 39.8 Å². The topological polar surface area (TPSA) is 101 Å². The van der Waals surface area contributed by atoms with Crippen molar-refractivity contribution in [1.29, 1.82) is 0 Å². The lowest BCUT2D eigenvalue weighted by atomic mass is 10.0. The van der Waals surface area contributed by atoms with Gasteiger partial charge in [0.1, 0.15) is 0 Å². The van der Waals surface area contributed by atoms with Crippen molar-refractivity contribution >= 4 is 34.3 Å². The van der Waals surface area contributed by atoms with Gasteiger partial charge in [0.25, 0.3) is 0 Å². The first-order valence-corrected chi connectivity index (χ1v) is 12.2. The minimum Gasteiger partial charge on any atom is -0.382 e. The standard InChI is InChI=1S/C27H28F3N7O/c1-36(2)14-17-6-9-18(27(28,29)30)12-21(17)34-26(38)32-19-10-7-15(8-11-19)20-13-22(16-4-5-16)33-25-23(20)24(31)35-37(25)3/h6-13,16H,4-5,14H2,1-3H3,(H2,31,35)(H2,32,34,38). The van der Waals surface area contributed by atoms with Gasteiger partial charge >= 0.3 is 12.2 Å². The van der Waals surface area contributed by atoms with E-state index in [2.05, 4.69) is 15.7 Å². The molecule has 1 aliphatic rings. The van der Waals surface area contributed by atoms with Crippen LogP contribution in [0.4, 0.5) is 35.2 Å². The predicted octanol–water partition coefficient (Wildman–Crippen LogP) is 5.82. The molecule has 0 radical (unpaired) electrons. The molecule has 2 amide bonds. The van der Waals surface area contributed by atoms with E-state index >= 15 is 0 Å². The third kappa shape index (κ3) is 5.28. The van der Waals surface area contributed by atoms with Crippen molar-refractivity contribution in [3.8, 4) is 11.1 Å². The second-order valence-corrected chi connectivity index (χ2v) is 9.84. The first kappa shape index (κ1) is 25.5. The first-order valence-electron chi connectivity index (χ1n) is 12.2. The Morgan fingerprint density at radius 3 is 2.45 bits per heavy atom. The molecule has 11 heteroatoms. The third-order valence-electron chi connectivity index (χ3n) is 6.46. The van der Waals surface area contributed by atoms with Gasteiger partial charge in [0.05, 0.1) is 10.9 Å². The molecule has 0 spiro atoms. The maximum atomic E-state index is 13.3. The summed E-state index contributed by atoms with van der Waals surface area (Å²) in [6.07, 6.45) is -2.31. The number of benzene rings is 2. The Labute approximate surface area is 217 Å². The predicted molar refractivity (Wildman–Crippen MR) is 142 cm³/mol. The largest absolute Gasteiger partial charge is 0.416 e. The second-order valence-electron chi connectivity index (χ2n) is 9.84. The number of anilines is 3. The molecular formula is C27H28F3N7O. The number of aromatic nitrogens is 3. The van der Waals surface area contributed by atoms with Crippen LogP contribution in [0, 0.1) is 0 Å². The van der Waals surface area contributed by atoms with Gasteiger partial charge in [-0.3, -0.25) is 0 Å². The average Bonchev–Trinajstić information content (AvgIpc) is 3.65. The summed E-state index contributed by atoms with van der Waals surface area (Å²) >= 11 is 0. The minimum atomic E-state index is -4.52. The summed E-state index contributed by atoms with van der Waals surface area (Å²) < 4.78 is 41.5. The highest BCUT2D eigenvalue weighted by molar-refractivity contribution is 6.02. The van der Waals surface area contributed by atoms with Gasteiger partial charge in [0.15, 0.2) is 11.5 Å². The van der Waals surface area contributed by atoms with E-state index in [1.165, 1.54) is 6.07 Å². The Balaban J connectivity index is 1.38. The summed E-state index contributed by atoms with van der Waals surface area (Å²) in [4.78, 5) is 19.3. The van der Waals surface area contributed by atoms with Crippen LogP contribution in [0.2, 0.25) is 0 Å². The van der Waals surface area contributed by atoms with Crippen LogP contribution in [0.15, 0.2) is 48.5 Å². The number of hydrogen-bond acceptors (Lipinski definition) is 5. The number of nitrogens with two attached hydrogens (primary N) is 1. The number of hydrogen-bond donors (Lipinski definition) is 3. The molecule has 2 heterocycles. The zero-order valence-electron chi connectivity index (χ0n) is 21.2. The summed E-state index contributed by atoms with van der Waals surface area (Å²) in [6, 6.07) is 11.9. The van der Waals surface area contributed by atoms with E-state index in [4.69, 9.17) is 10.7 Å². The van der Waals surface area contributed by atoms with Crippen LogP contribution in [0.25, 0.3) is 22.2 Å². The lowest BCUT2D eigenvalue weighted by Gasteiger charge is -2.17. The van der Waals surface area contributed by atoms with Gasteiger partial charge in [-0.15, -0.1) is 0 Å². The fraction of sp³-hybridized carbons (Fsp3) is 0.296. The van der Waals surface area contributed by atoms with Crippen molar-refractivity contribution in [2.24, 2.45) is 7.05 Å². The number of urea groups is 1. The SMILES string of the molecule is CN(C)Cc1ccc(C(F)(F)F)cc1NC(=O)Nc1ccc(-c2cc(C3CC3)nc3c2c(N)nn3C)cc1. The Bertz CT molecular complexity index is 1510. The fourth-order valence-corrected chi connectivity index (χ4v) is 4.48. The van der Waals surface area contributed by atoms with E-state index in [1.807, 2.05) is 30.1 Å². The number of carbonyl (C=O) groups is 1. The number of carbonyl (C=O) groups excluding carboxylic acids is 1. The van der Waals surface area contributed by atoms with Crippen LogP contribution in [-0.2, 0) is 19.8 Å². The van der Waals surface area contributed by atoms with E-state index < -0.39 is 17.8 Å². The second kappa shape index (κ2) is 9.64. The molecular weight excluding hydrogens is 495 g/mol. The Morgan fingerprint density at radius 2 is 1.82 bits per heavy atom. The number of pyridine rings is 1. The Kier molecular flexibility index (Phi) is 6.47. The molecule has 2 aromatic heterocycles. The molecule has 4 N–H and O–H groups in total. The normalized spacial score (nSPS) is 13.8. The summed E-state index contributed by atoms with van der Waals surface area (Å²) in [6.45, 7) is 0.364. The molecule has 5 rings (SSSR count). The van der Waals surface area contributed by atoms with Crippen LogP contribution in [0.3, 0.4) is 0 Å². The molecule has 4 aromatic rings. The van der Waals surface area contributed by atoms with Gasteiger partial charge in [0, 0.05) is 36.6 Å². The van der Waals surface area contributed by atoms with Crippen molar-refractivity contribution in [3.63, 3.8) is 0 Å². The Morgan fingerprint density at radius 1 is 1.11 bits per heavy atom. The molecule has 38 heavy (non-hydrogen) atoms. The van der Waals surface area contributed by atoms with Crippen LogP contribution in [0.5, 0.6) is 0 Å². The van der Waals surface area contributed by atoms with Crippen molar-refractivity contribution in [2.45, 2.75) is 31.5 Å². The van der Waals surface area contributed by atoms with Gasteiger partial charge in [-0.05, 0) is 74.0 Å². The van der Waals surface area contributed by atoms with E-state index in [0.29, 0.717) is 29.5 Å². The number of rotatable bonds is 6. The number of aryl methyl sites for hydroxylation is 1. The molecule has 0 saturated heterocycles. The van der Waals surface area contributed by atoms with Crippen LogP contribution < -0.4 is 16.4 Å². The molecule has 198 valence electrons. The number of alkyl halides is 3. The van der Waals surface area contributed by atoms with Gasteiger partial charge in [-0.2, -0.15) is 18.3 Å². The Hall–Kier alpha value is -4.12.